The van der Waals surface area contributed by atoms with Gasteiger partial charge in [-0.1, -0.05) is 45.4 Å². The number of carbonyl (C=O) groups is 2. The molecule has 0 spiro atoms. The predicted octanol–water partition coefficient (Wildman–Crippen LogP) is 4.18. The number of thioether (sulfide) groups is 1. The zero-order valence-electron chi connectivity index (χ0n) is 22.3. The molecule has 2 aliphatic heterocycles. The van der Waals surface area contributed by atoms with Gasteiger partial charge in [-0.05, 0) is 60.9 Å². The van der Waals surface area contributed by atoms with Crippen LogP contribution in [0.15, 0.2) is 24.0 Å². The highest BCUT2D eigenvalue weighted by Crippen LogP contribution is 2.47. The van der Waals surface area contributed by atoms with Crippen molar-refractivity contribution in [3.63, 3.8) is 0 Å². The average molecular weight is 534 g/mol. The third kappa shape index (κ3) is 5.78. The second-order valence-electron chi connectivity index (χ2n) is 9.92. The molecule has 0 saturated heterocycles. The molecular formula is C28H39NO7S. The van der Waals surface area contributed by atoms with Gasteiger partial charge >= 0.3 is 5.97 Å². The molecule has 1 aromatic carbocycles. The molecule has 204 valence electrons. The lowest BCUT2D eigenvalue weighted by molar-refractivity contribution is -0.174. The van der Waals surface area contributed by atoms with Gasteiger partial charge in [0.25, 0.3) is 0 Å². The predicted molar refractivity (Wildman–Crippen MR) is 142 cm³/mol. The van der Waals surface area contributed by atoms with E-state index < -0.39 is 17.7 Å². The Kier molecular flexibility index (Phi) is 9.08. The van der Waals surface area contributed by atoms with Crippen molar-refractivity contribution < 1.29 is 33.6 Å². The SMILES string of the molecule is CCCCN1CCc2cc3c(cc2[C@@H]2[C@H](OC(=O)[C@@](O)(CCC)CC(=O)SCC)C(OC)=C[C@@H]21)OCO3. The van der Waals surface area contributed by atoms with Crippen molar-refractivity contribution >= 4 is 22.8 Å². The molecule has 4 atom stereocenters. The van der Waals surface area contributed by atoms with Crippen molar-refractivity contribution in [3.8, 4) is 11.5 Å². The van der Waals surface area contributed by atoms with Gasteiger partial charge in [-0.15, -0.1) is 0 Å². The summed E-state index contributed by atoms with van der Waals surface area (Å²) >= 11 is 1.10. The number of benzene rings is 1. The molecule has 0 saturated carbocycles. The van der Waals surface area contributed by atoms with Crippen molar-refractivity contribution in [2.24, 2.45) is 0 Å². The van der Waals surface area contributed by atoms with Crippen molar-refractivity contribution in [2.45, 2.75) is 83.0 Å². The zero-order chi connectivity index (χ0) is 26.6. The summed E-state index contributed by atoms with van der Waals surface area (Å²) in [4.78, 5) is 28.4. The van der Waals surface area contributed by atoms with Crippen LogP contribution >= 0.6 is 11.8 Å². The Morgan fingerprint density at radius 1 is 1.19 bits per heavy atom. The van der Waals surface area contributed by atoms with E-state index in [0.29, 0.717) is 23.7 Å². The van der Waals surface area contributed by atoms with E-state index in [1.165, 1.54) is 0 Å². The highest BCUT2D eigenvalue weighted by atomic mass is 32.2. The quantitative estimate of drug-likeness (QED) is 0.420. The van der Waals surface area contributed by atoms with Crippen LogP contribution in [0.4, 0.5) is 0 Å². The van der Waals surface area contributed by atoms with Gasteiger partial charge in [0, 0.05) is 18.5 Å². The molecule has 0 bridgehead atoms. The summed E-state index contributed by atoms with van der Waals surface area (Å²) in [6, 6.07) is 4.00. The Bertz CT molecular complexity index is 1030. The number of esters is 1. The molecule has 1 N–H and O–H groups in total. The molecular weight excluding hydrogens is 494 g/mol. The number of carbonyl (C=O) groups excluding carboxylic acids is 2. The minimum Gasteiger partial charge on any atom is -0.497 e. The van der Waals surface area contributed by atoms with Crippen LogP contribution in [0.3, 0.4) is 0 Å². The number of methoxy groups -OCH3 is 1. The highest BCUT2D eigenvalue weighted by molar-refractivity contribution is 8.13. The van der Waals surface area contributed by atoms with Gasteiger partial charge in [-0.25, -0.2) is 4.79 Å². The summed E-state index contributed by atoms with van der Waals surface area (Å²) < 4.78 is 23.2. The molecule has 4 rings (SSSR count). The van der Waals surface area contributed by atoms with E-state index in [0.717, 1.165) is 61.0 Å². The number of unbranched alkanes of at least 4 members (excludes halogenated alkanes) is 1. The van der Waals surface area contributed by atoms with E-state index in [1.807, 2.05) is 26.0 Å². The Morgan fingerprint density at radius 2 is 1.95 bits per heavy atom. The third-order valence-corrected chi connectivity index (χ3v) is 8.20. The van der Waals surface area contributed by atoms with Crippen molar-refractivity contribution in [1.29, 1.82) is 0 Å². The summed E-state index contributed by atoms with van der Waals surface area (Å²) in [5.41, 5.74) is 0.282. The Hall–Kier alpha value is -2.23. The van der Waals surface area contributed by atoms with Crippen molar-refractivity contribution in [1.82, 2.24) is 4.90 Å². The Balaban J connectivity index is 1.70. The number of hydrogen-bond acceptors (Lipinski definition) is 9. The van der Waals surface area contributed by atoms with E-state index in [2.05, 4.69) is 17.9 Å². The highest BCUT2D eigenvalue weighted by Gasteiger charge is 2.49. The zero-order valence-corrected chi connectivity index (χ0v) is 23.1. The number of ether oxygens (including phenoxy) is 4. The number of fused-ring (bicyclic) bond motifs is 4. The van der Waals surface area contributed by atoms with E-state index in [9.17, 15) is 14.7 Å². The molecule has 2 heterocycles. The van der Waals surface area contributed by atoms with Crippen LogP contribution in [0.2, 0.25) is 0 Å². The van der Waals surface area contributed by atoms with Crippen LogP contribution in [-0.2, 0) is 25.5 Å². The summed E-state index contributed by atoms with van der Waals surface area (Å²) in [6.07, 6.45) is 4.68. The third-order valence-electron chi connectivity index (χ3n) is 7.45. The number of rotatable bonds is 11. The fourth-order valence-electron chi connectivity index (χ4n) is 5.63. The molecule has 9 heteroatoms. The molecule has 0 aromatic heterocycles. The molecule has 0 amide bonds. The lowest BCUT2D eigenvalue weighted by Gasteiger charge is -2.34. The fraction of sp³-hybridized carbons (Fsp3) is 0.643. The lowest BCUT2D eigenvalue weighted by atomic mass is 9.87. The van der Waals surface area contributed by atoms with Gasteiger partial charge in [0.05, 0.1) is 13.5 Å². The van der Waals surface area contributed by atoms with Gasteiger partial charge in [0.15, 0.2) is 28.3 Å². The second-order valence-corrected chi connectivity index (χ2v) is 11.2. The normalized spacial score (nSPS) is 23.9. The van der Waals surface area contributed by atoms with Crippen molar-refractivity contribution in [2.75, 3.05) is 32.7 Å². The molecule has 1 aromatic rings. The van der Waals surface area contributed by atoms with Gasteiger partial charge in [0.2, 0.25) is 6.79 Å². The molecule has 0 radical (unpaired) electrons. The maximum absolute atomic E-state index is 13.6. The van der Waals surface area contributed by atoms with E-state index in [4.69, 9.17) is 18.9 Å². The first kappa shape index (κ1) is 27.8. The first-order valence-electron chi connectivity index (χ1n) is 13.4. The van der Waals surface area contributed by atoms with Gasteiger partial charge < -0.3 is 24.1 Å². The van der Waals surface area contributed by atoms with Gasteiger partial charge in [-0.3, -0.25) is 9.69 Å². The van der Waals surface area contributed by atoms with E-state index in [1.54, 1.807) is 7.11 Å². The lowest BCUT2D eigenvalue weighted by Crippen LogP contribution is -2.45. The van der Waals surface area contributed by atoms with E-state index in [-0.39, 0.29) is 36.7 Å². The van der Waals surface area contributed by atoms with Crippen LogP contribution in [0, 0.1) is 0 Å². The Morgan fingerprint density at radius 3 is 2.62 bits per heavy atom. The number of nitrogens with zero attached hydrogens (tertiary/aromatic N) is 1. The number of hydrogen-bond donors (Lipinski definition) is 1. The standard InChI is InChI=1S/C28H39NO7S/c1-5-8-11-29-12-9-18-13-21-22(35-17-34-21)14-19(18)25-20(29)15-23(33-4)26(25)36-27(31)28(32,10-6-2)16-24(30)37-7-3/h13-15,20,25-26,32H,5-12,16-17H2,1-4H3/t20-,25-,26+,28+/m0/s1. The monoisotopic (exact) mass is 533 g/mol. The average Bonchev–Trinajstić information content (AvgIpc) is 3.43. The summed E-state index contributed by atoms with van der Waals surface area (Å²) in [5.74, 6) is 1.53. The second kappa shape index (κ2) is 12.1. The molecule has 0 unspecified atom stereocenters. The maximum atomic E-state index is 13.6. The first-order chi connectivity index (χ1) is 17.8. The van der Waals surface area contributed by atoms with Crippen LogP contribution in [-0.4, -0.2) is 71.6 Å². The largest absolute Gasteiger partial charge is 0.497 e. The van der Waals surface area contributed by atoms with Crippen molar-refractivity contribution in [3.05, 3.63) is 35.1 Å². The molecule has 3 aliphatic rings. The topological polar surface area (TPSA) is 94.5 Å². The minimum absolute atomic E-state index is 0.0440. The van der Waals surface area contributed by atoms with Crippen LogP contribution < -0.4 is 9.47 Å². The number of aliphatic hydroxyl groups is 1. The van der Waals surface area contributed by atoms with Gasteiger partial charge in [-0.2, -0.15) is 0 Å². The van der Waals surface area contributed by atoms with Gasteiger partial charge in [0.1, 0.15) is 5.76 Å². The minimum atomic E-state index is -1.88. The first-order valence-corrected chi connectivity index (χ1v) is 14.3. The Labute approximate surface area is 223 Å². The van der Waals surface area contributed by atoms with E-state index >= 15 is 0 Å². The van der Waals surface area contributed by atoms with Crippen LogP contribution in [0.25, 0.3) is 0 Å². The summed E-state index contributed by atoms with van der Waals surface area (Å²) in [6.45, 7) is 7.86. The van der Waals surface area contributed by atoms with Crippen LogP contribution in [0.1, 0.15) is 69.9 Å². The van der Waals surface area contributed by atoms with Crippen LogP contribution in [0.5, 0.6) is 11.5 Å². The summed E-state index contributed by atoms with van der Waals surface area (Å²) in [7, 11) is 1.58. The maximum Gasteiger partial charge on any atom is 0.339 e. The summed E-state index contributed by atoms with van der Waals surface area (Å²) in [5, 5.41) is 11.1. The molecule has 0 fully saturated rings. The molecule has 8 nitrogen and oxygen atoms in total. The molecule has 1 aliphatic carbocycles. The molecule has 37 heavy (non-hydrogen) atoms. The fourth-order valence-corrected chi connectivity index (χ4v) is 6.29. The smallest absolute Gasteiger partial charge is 0.339 e.